The van der Waals surface area contributed by atoms with Gasteiger partial charge in [0, 0.05) is 32.2 Å². The highest BCUT2D eigenvalue weighted by Crippen LogP contribution is 2.30. The highest BCUT2D eigenvalue weighted by Gasteiger charge is 2.25. The van der Waals surface area contributed by atoms with Gasteiger partial charge in [0.1, 0.15) is 0 Å². The molecule has 1 aliphatic heterocycles. The lowest BCUT2D eigenvalue weighted by atomic mass is 10.2. The Morgan fingerprint density at radius 1 is 1.38 bits per heavy atom. The van der Waals surface area contributed by atoms with Gasteiger partial charge < -0.3 is 10.1 Å². The molecule has 116 valence electrons. The van der Waals surface area contributed by atoms with E-state index in [9.17, 15) is 18.5 Å². The fourth-order valence-electron chi connectivity index (χ4n) is 1.99. The SMILES string of the molecule is COc1ccc(NS(=O)(=O)N2CCNCC2)cc1[N+](=O)[O-]. The molecule has 0 aliphatic carbocycles. The van der Waals surface area contributed by atoms with Gasteiger partial charge in [0.25, 0.3) is 0 Å². The molecule has 0 spiro atoms. The summed E-state index contributed by atoms with van der Waals surface area (Å²) in [6.45, 7) is 1.86. The predicted molar refractivity (Wildman–Crippen MR) is 76.6 cm³/mol. The normalized spacial score (nSPS) is 16.4. The molecule has 1 aromatic rings. The Balaban J connectivity index is 2.22. The van der Waals surface area contributed by atoms with Crippen molar-refractivity contribution in [2.45, 2.75) is 0 Å². The van der Waals surface area contributed by atoms with Crippen molar-refractivity contribution >= 4 is 21.6 Å². The minimum atomic E-state index is -3.72. The molecule has 1 saturated heterocycles. The number of anilines is 1. The van der Waals surface area contributed by atoms with Crippen molar-refractivity contribution in [1.29, 1.82) is 0 Å². The summed E-state index contributed by atoms with van der Waals surface area (Å²) in [6, 6.07) is 3.91. The van der Waals surface area contributed by atoms with Crippen LogP contribution in [0.3, 0.4) is 0 Å². The zero-order valence-corrected chi connectivity index (χ0v) is 12.2. The Morgan fingerprint density at radius 2 is 2.05 bits per heavy atom. The van der Waals surface area contributed by atoms with Crippen molar-refractivity contribution in [2.24, 2.45) is 0 Å². The summed E-state index contributed by atoms with van der Waals surface area (Å²) in [5.41, 5.74) is -0.168. The van der Waals surface area contributed by atoms with Crippen LogP contribution >= 0.6 is 0 Å². The van der Waals surface area contributed by atoms with Crippen molar-refractivity contribution in [3.8, 4) is 5.75 Å². The minimum Gasteiger partial charge on any atom is -0.490 e. The van der Waals surface area contributed by atoms with Gasteiger partial charge in [-0.05, 0) is 12.1 Å². The van der Waals surface area contributed by atoms with E-state index in [1.165, 1.54) is 23.5 Å². The van der Waals surface area contributed by atoms with E-state index in [4.69, 9.17) is 4.74 Å². The lowest BCUT2D eigenvalue weighted by Crippen LogP contribution is -2.48. The molecule has 0 atom stereocenters. The molecule has 2 rings (SSSR count). The van der Waals surface area contributed by atoms with Crippen molar-refractivity contribution < 1.29 is 18.1 Å². The number of piperazine rings is 1. The van der Waals surface area contributed by atoms with Crippen LogP contribution < -0.4 is 14.8 Å². The van der Waals surface area contributed by atoms with E-state index in [0.717, 1.165) is 6.07 Å². The number of methoxy groups -OCH3 is 1. The quantitative estimate of drug-likeness (QED) is 0.591. The first-order valence-corrected chi connectivity index (χ1v) is 7.69. The van der Waals surface area contributed by atoms with Crippen LogP contribution in [0.2, 0.25) is 0 Å². The lowest BCUT2D eigenvalue weighted by molar-refractivity contribution is -0.385. The maximum atomic E-state index is 12.2. The third kappa shape index (κ3) is 3.60. The Bertz CT molecular complexity index is 628. The number of benzene rings is 1. The average molecular weight is 316 g/mol. The highest BCUT2D eigenvalue weighted by atomic mass is 32.2. The fourth-order valence-corrected chi connectivity index (χ4v) is 3.21. The molecule has 2 N–H and O–H groups in total. The summed E-state index contributed by atoms with van der Waals surface area (Å²) in [5, 5.41) is 14.0. The van der Waals surface area contributed by atoms with E-state index in [-0.39, 0.29) is 17.1 Å². The average Bonchev–Trinajstić information content (AvgIpc) is 2.47. The van der Waals surface area contributed by atoms with Crippen molar-refractivity contribution in [1.82, 2.24) is 9.62 Å². The van der Waals surface area contributed by atoms with Gasteiger partial charge in [0.2, 0.25) is 0 Å². The molecule has 0 aromatic heterocycles. The topological polar surface area (TPSA) is 114 Å². The van der Waals surface area contributed by atoms with Gasteiger partial charge in [0.15, 0.2) is 5.75 Å². The number of hydrogen-bond donors (Lipinski definition) is 2. The first-order chi connectivity index (χ1) is 9.94. The number of nitro groups is 1. The highest BCUT2D eigenvalue weighted by molar-refractivity contribution is 7.90. The first kappa shape index (κ1) is 15.5. The molecule has 0 bridgehead atoms. The zero-order valence-electron chi connectivity index (χ0n) is 11.4. The zero-order chi connectivity index (χ0) is 15.5. The van der Waals surface area contributed by atoms with Gasteiger partial charge in [-0.3, -0.25) is 14.8 Å². The van der Waals surface area contributed by atoms with Gasteiger partial charge in [-0.2, -0.15) is 12.7 Å². The van der Waals surface area contributed by atoms with Crippen LogP contribution in [0.15, 0.2) is 18.2 Å². The molecular formula is C11H16N4O5S. The van der Waals surface area contributed by atoms with Crippen LogP contribution in [-0.4, -0.2) is 50.9 Å². The fraction of sp³-hybridized carbons (Fsp3) is 0.455. The summed E-state index contributed by atoms with van der Waals surface area (Å²) in [6.07, 6.45) is 0. The second-order valence-electron chi connectivity index (χ2n) is 4.40. The molecule has 21 heavy (non-hydrogen) atoms. The number of ether oxygens (including phenoxy) is 1. The van der Waals surface area contributed by atoms with Crippen LogP contribution in [0, 0.1) is 10.1 Å². The Morgan fingerprint density at radius 3 is 2.62 bits per heavy atom. The number of nitrogens with zero attached hydrogens (tertiary/aromatic N) is 2. The number of nitrogens with one attached hydrogen (secondary N) is 2. The molecular weight excluding hydrogens is 300 g/mol. The smallest absolute Gasteiger partial charge is 0.313 e. The van der Waals surface area contributed by atoms with Crippen LogP contribution in [-0.2, 0) is 10.2 Å². The van der Waals surface area contributed by atoms with E-state index in [0.29, 0.717) is 26.2 Å². The maximum absolute atomic E-state index is 12.2. The Labute approximate surface area is 122 Å². The van der Waals surface area contributed by atoms with Gasteiger partial charge >= 0.3 is 15.9 Å². The summed E-state index contributed by atoms with van der Waals surface area (Å²) in [7, 11) is -2.41. The Hall–Kier alpha value is -1.91. The molecule has 10 heteroatoms. The summed E-state index contributed by atoms with van der Waals surface area (Å²) < 4.78 is 32.9. The van der Waals surface area contributed by atoms with Crippen molar-refractivity contribution in [3.63, 3.8) is 0 Å². The first-order valence-electron chi connectivity index (χ1n) is 6.25. The van der Waals surface area contributed by atoms with Crippen LogP contribution in [0.25, 0.3) is 0 Å². The van der Waals surface area contributed by atoms with Gasteiger partial charge in [-0.1, -0.05) is 0 Å². The van der Waals surface area contributed by atoms with Crippen LogP contribution in [0.5, 0.6) is 5.75 Å². The predicted octanol–water partition coefficient (Wildman–Crippen LogP) is 0.165. The Kier molecular flexibility index (Phi) is 4.60. The van der Waals surface area contributed by atoms with E-state index < -0.39 is 15.1 Å². The monoisotopic (exact) mass is 316 g/mol. The molecule has 0 unspecified atom stereocenters. The lowest BCUT2D eigenvalue weighted by Gasteiger charge is -2.26. The van der Waals surface area contributed by atoms with Crippen molar-refractivity contribution in [3.05, 3.63) is 28.3 Å². The number of nitro benzene ring substituents is 1. The molecule has 1 fully saturated rings. The standard InChI is InChI=1S/C11H16N4O5S/c1-20-11-3-2-9(8-10(11)15(16)17)13-21(18,19)14-6-4-12-5-7-14/h2-3,8,12-13H,4-7H2,1H3. The summed E-state index contributed by atoms with van der Waals surface area (Å²) in [4.78, 5) is 10.3. The molecule has 9 nitrogen and oxygen atoms in total. The van der Waals surface area contributed by atoms with Gasteiger partial charge in [-0.15, -0.1) is 0 Å². The number of hydrogen-bond acceptors (Lipinski definition) is 6. The molecule has 1 aliphatic rings. The minimum absolute atomic E-state index is 0.0742. The van der Waals surface area contributed by atoms with E-state index >= 15 is 0 Å². The largest absolute Gasteiger partial charge is 0.490 e. The van der Waals surface area contributed by atoms with Crippen LogP contribution in [0.4, 0.5) is 11.4 Å². The second-order valence-corrected chi connectivity index (χ2v) is 6.07. The van der Waals surface area contributed by atoms with Gasteiger partial charge in [0.05, 0.1) is 17.7 Å². The third-order valence-corrected chi connectivity index (χ3v) is 4.58. The van der Waals surface area contributed by atoms with Crippen molar-refractivity contribution in [2.75, 3.05) is 38.0 Å². The van der Waals surface area contributed by atoms with E-state index in [1.807, 2.05) is 0 Å². The summed E-state index contributed by atoms with van der Waals surface area (Å²) >= 11 is 0. The molecule has 1 aromatic carbocycles. The molecule has 1 heterocycles. The maximum Gasteiger partial charge on any atom is 0.313 e. The van der Waals surface area contributed by atoms with E-state index in [2.05, 4.69) is 10.0 Å². The van der Waals surface area contributed by atoms with Gasteiger partial charge in [-0.25, -0.2) is 0 Å². The third-order valence-electron chi connectivity index (χ3n) is 3.04. The number of rotatable bonds is 5. The summed E-state index contributed by atoms with van der Waals surface area (Å²) in [5.74, 6) is 0.0742. The second kappa shape index (κ2) is 6.24. The molecule has 0 saturated carbocycles. The van der Waals surface area contributed by atoms with Crippen LogP contribution in [0.1, 0.15) is 0 Å². The molecule has 0 amide bonds. The molecule has 0 radical (unpaired) electrons. The van der Waals surface area contributed by atoms with E-state index in [1.54, 1.807) is 0 Å².